The van der Waals surface area contributed by atoms with Crippen LogP contribution in [-0.2, 0) is 6.42 Å². The van der Waals surface area contributed by atoms with Gasteiger partial charge in [-0.05, 0) is 48.9 Å². The van der Waals surface area contributed by atoms with Crippen LogP contribution >= 0.6 is 0 Å². The zero-order chi connectivity index (χ0) is 9.54. The zero-order valence-electron chi connectivity index (χ0n) is 7.89. The van der Waals surface area contributed by atoms with E-state index in [9.17, 15) is 4.39 Å². The first-order chi connectivity index (χ1) is 6.83. The molecule has 1 aromatic heterocycles. The molecule has 2 heteroatoms. The van der Waals surface area contributed by atoms with Crippen molar-refractivity contribution in [2.45, 2.75) is 19.3 Å². The van der Waals surface area contributed by atoms with Crippen molar-refractivity contribution in [3.8, 4) is 0 Å². The summed E-state index contributed by atoms with van der Waals surface area (Å²) in [6, 6.07) is 4.93. The second-order valence-electron chi connectivity index (χ2n) is 4.15. The van der Waals surface area contributed by atoms with Gasteiger partial charge in [-0.15, -0.1) is 0 Å². The summed E-state index contributed by atoms with van der Waals surface area (Å²) in [5.74, 6) is 0.700. The van der Waals surface area contributed by atoms with Crippen LogP contribution < -0.4 is 0 Å². The first kappa shape index (κ1) is 8.04. The molecule has 1 aliphatic carbocycles. The topological polar surface area (TPSA) is 15.8 Å². The molecule has 1 aromatic carbocycles. The summed E-state index contributed by atoms with van der Waals surface area (Å²) in [4.78, 5) is 3.18. The highest BCUT2D eigenvalue weighted by atomic mass is 19.1. The van der Waals surface area contributed by atoms with Crippen LogP contribution in [0.1, 0.15) is 18.4 Å². The average Bonchev–Trinajstić information content (AvgIpc) is 2.90. The van der Waals surface area contributed by atoms with E-state index in [1.54, 1.807) is 12.1 Å². The SMILES string of the molecule is Fc1ccc2[nH]cc(CC3CC3)c2c1. The molecule has 14 heavy (non-hydrogen) atoms. The Morgan fingerprint density at radius 2 is 2.21 bits per heavy atom. The van der Waals surface area contributed by atoms with Crippen LogP contribution in [0.15, 0.2) is 24.4 Å². The van der Waals surface area contributed by atoms with Crippen molar-refractivity contribution in [3.63, 3.8) is 0 Å². The van der Waals surface area contributed by atoms with Crippen LogP contribution in [0.5, 0.6) is 0 Å². The third kappa shape index (κ3) is 1.31. The van der Waals surface area contributed by atoms with Crippen LogP contribution in [0.3, 0.4) is 0 Å². The van der Waals surface area contributed by atoms with E-state index in [4.69, 9.17) is 0 Å². The summed E-state index contributed by atoms with van der Waals surface area (Å²) in [5.41, 5.74) is 2.31. The van der Waals surface area contributed by atoms with Gasteiger partial charge in [-0.1, -0.05) is 0 Å². The third-order valence-electron chi connectivity index (χ3n) is 2.93. The molecular weight excluding hydrogens is 177 g/mol. The fourth-order valence-electron chi connectivity index (χ4n) is 1.95. The molecule has 0 amide bonds. The van der Waals surface area contributed by atoms with E-state index >= 15 is 0 Å². The van der Waals surface area contributed by atoms with Gasteiger partial charge in [0.15, 0.2) is 0 Å². The minimum Gasteiger partial charge on any atom is -0.361 e. The van der Waals surface area contributed by atoms with Gasteiger partial charge < -0.3 is 4.98 Å². The van der Waals surface area contributed by atoms with E-state index in [-0.39, 0.29) is 5.82 Å². The van der Waals surface area contributed by atoms with Crippen LogP contribution in [0.25, 0.3) is 10.9 Å². The minimum absolute atomic E-state index is 0.144. The van der Waals surface area contributed by atoms with Gasteiger partial charge in [-0.2, -0.15) is 0 Å². The van der Waals surface area contributed by atoms with Gasteiger partial charge >= 0.3 is 0 Å². The number of nitrogens with one attached hydrogen (secondary N) is 1. The van der Waals surface area contributed by atoms with E-state index in [0.717, 1.165) is 23.2 Å². The van der Waals surface area contributed by atoms with Crippen LogP contribution in [-0.4, -0.2) is 4.98 Å². The largest absolute Gasteiger partial charge is 0.361 e. The Balaban J connectivity index is 2.08. The first-order valence-corrected chi connectivity index (χ1v) is 5.08. The van der Waals surface area contributed by atoms with Gasteiger partial charge in [-0.25, -0.2) is 4.39 Å². The molecule has 0 saturated heterocycles. The van der Waals surface area contributed by atoms with E-state index in [2.05, 4.69) is 4.98 Å². The molecule has 0 aliphatic heterocycles. The van der Waals surface area contributed by atoms with Crippen LogP contribution in [0.4, 0.5) is 4.39 Å². The van der Waals surface area contributed by atoms with Gasteiger partial charge in [-0.3, -0.25) is 0 Å². The molecule has 0 atom stereocenters. The smallest absolute Gasteiger partial charge is 0.123 e. The molecule has 1 fully saturated rings. The van der Waals surface area contributed by atoms with Gasteiger partial charge in [0.25, 0.3) is 0 Å². The highest BCUT2D eigenvalue weighted by Crippen LogP contribution is 2.34. The summed E-state index contributed by atoms with van der Waals surface area (Å²) in [6.07, 6.45) is 5.79. The van der Waals surface area contributed by atoms with E-state index in [1.807, 2.05) is 6.20 Å². The predicted molar refractivity (Wildman–Crippen MR) is 54.7 cm³/mol. The van der Waals surface area contributed by atoms with Crippen molar-refractivity contribution in [2.24, 2.45) is 5.92 Å². The molecule has 1 N–H and O–H groups in total. The molecule has 0 spiro atoms. The average molecular weight is 189 g/mol. The number of aromatic nitrogens is 1. The van der Waals surface area contributed by atoms with Crippen molar-refractivity contribution in [3.05, 3.63) is 35.8 Å². The monoisotopic (exact) mass is 189 g/mol. The third-order valence-corrected chi connectivity index (χ3v) is 2.93. The van der Waals surface area contributed by atoms with E-state index in [0.29, 0.717) is 0 Å². The Morgan fingerprint density at radius 3 is 3.00 bits per heavy atom. The number of hydrogen-bond acceptors (Lipinski definition) is 0. The normalized spacial score (nSPS) is 16.4. The van der Waals surface area contributed by atoms with E-state index < -0.39 is 0 Å². The summed E-state index contributed by atoms with van der Waals surface area (Å²) in [6.45, 7) is 0. The molecule has 2 aromatic rings. The number of H-pyrrole nitrogens is 1. The van der Waals surface area contributed by atoms with Crippen molar-refractivity contribution in [1.82, 2.24) is 4.98 Å². The number of hydrogen-bond donors (Lipinski definition) is 1. The molecule has 1 nitrogen and oxygen atoms in total. The quantitative estimate of drug-likeness (QED) is 0.746. The lowest BCUT2D eigenvalue weighted by molar-refractivity contribution is 0.629. The molecule has 3 rings (SSSR count). The molecule has 0 radical (unpaired) electrons. The second kappa shape index (κ2) is 2.84. The Hall–Kier alpha value is -1.31. The Bertz CT molecular complexity index is 468. The standard InChI is InChI=1S/C12H12FN/c13-10-3-4-12-11(6-10)9(7-14-12)5-8-1-2-8/h3-4,6-8,14H,1-2,5H2. The number of aromatic amines is 1. The lowest BCUT2D eigenvalue weighted by Crippen LogP contribution is -1.84. The number of benzene rings is 1. The maximum atomic E-state index is 13.0. The van der Waals surface area contributed by atoms with Crippen molar-refractivity contribution in [2.75, 3.05) is 0 Å². The second-order valence-corrected chi connectivity index (χ2v) is 4.15. The highest BCUT2D eigenvalue weighted by molar-refractivity contribution is 5.83. The minimum atomic E-state index is -0.144. The molecular formula is C12H12FN. The lowest BCUT2D eigenvalue weighted by Gasteiger charge is -1.96. The Kier molecular flexibility index (Phi) is 1.63. The molecule has 1 heterocycles. The predicted octanol–water partition coefficient (Wildman–Crippen LogP) is 3.26. The van der Waals surface area contributed by atoms with Crippen molar-refractivity contribution < 1.29 is 4.39 Å². The summed E-state index contributed by atoms with van der Waals surface area (Å²) >= 11 is 0. The highest BCUT2D eigenvalue weighted by Gasteiger charge is 2.22. The summed E-state index contributed by atoms with van der Waals surface area (Å²) in [5, 5.41) is 1.05. The van der Waals surface area contributed by atoms with Gasteiger partial charge in [0.2, 0.25) is 0 Å². The Morgan fingerprint density at radius 1 is 1.36 bits per heavy atom. The summed E-state index contributed by atoms with van der Waals surface area (Å²) < 4.78 is 13.0. The van der Waals surface area contributed by atoms with E-state index in [1.165, 1.54) is 24.5 Å². The molecule has 0 unspecified atom stereocenters. The number of rotatable bonds is 2. The van der Waals surface area contributed by atoms with Crippen LogP contribution in [0, 0.1) is 11.7 Å². The fraction of sp³-hybridized carbons (Fsp3) is 0.333. The lowest BCUT2D eigenvalue weighted by atomic mass is 10.1. The zero-order valence-corrected chi connectivity index (χ0v) is 7.89. The molecule has 72 valence electrons. The number of fused-ring (bicyclic) bond motifs is 1. The summed E-state index contributed by atoms with van der Waals surface area (Å²) in [7, 11) is 0. The maximum absolute atomic E-state index is 13.0. The first-order valence-electron chi connectivity index (χ1n) is 5.08. The maximum Gasteiger partial charge on any atom is 0.123 e. The van der Waals surface area contributed by atoms with Crippen LogP contribution in [0.2, 0.25) is 0 Å². The molecule has 1 aliphatic rings. The van der Waals surface area contributed by atoms with Gasteiger partial charge in [0.1, 0.15) is 5.82 Å². The Labute approximate surface area is 81.9 Å². The van der Waals surface area contributed by atoms with Crippen molar-refractivity contribution in [1.29, 1.82) is 0 Å². The molecule has 0 bridgehead atoms. The number of halogens is 1. The fourth-order valence-corrected chi connectivity index (χ4v) is 1.95. The molecule has 1 saturated carbocycles. The van der Waals surface area contributed by atoms with Gasteiger partial charge in [0.05, 0.1) is 0 Å². The van der Waals surface area contributed by atoms with Gasteiger partial charge in [0, 0.05) is 17.1 Å². The van der Waals surface area contributed by atoms with Crippen molar-refractivity contribution >= 4 is 10.9 Å².